The first-order chi connectivity index (χ1) is 8.72. The van der Waals surface area contributed by atoms with Crippen molar-refractivity contribution in [1.29, 1.82) is 0 Å². The summed E-state index contributed by atoms with van der Waals surface area (Å²) in [5, 5.41) is 0. The van der Waals surface area contributed by atoms with Gasteiger partial charge >= 0.3 is 0 Å². The molecule has 0 amide bonds. The van der Waals surface area contributed by atoms with Crippen LogP contribution in [0.3, 0.4) is 0 Å². The zero-order chi connectivity index (χ0) is 13.0. The van der Waals surface area contributed by atoms with E-state index in [1.165, 1.54) is 0 Å². The van der Waals surface area contributed by atoms with E-state index in [9.17, 15) is 4.79 Å². The number of ether oxygens (including phenoxy) is 1. The van der Waals surface area contributed by atoms with Crippen molar-refractivity contribution in [2.45, 2.75) is 6.92 Å². The first kappa shape index (κ1) is 12.8. The molecule has 0 saturated carbocycles. The molecule has 3 nitrogen and oxygen atoms in total. The first-order valence-electron chi connectivity index (χ1n) is 5.59. The van der Waals surface area contributed by atoms with Gasteiger partial charge in [-0.2, -0.15) is 0 Å². The maximum atomic E-state index is 12.4. The fraction of sp³-hybridized carbons (Fsp3) is 0.143. The Labute approximate surface area is 114 Å². The SMILES string of the molecule is CCOc1ccc(Br)cc1C(=O)c1cccnc1. The third-order valence-electron chi connectivity index (χ3n) is 2.41. The molecule has 1 heterocycles. The summed E-state index contributed by atoms with van der Waals surface area (Å²) in [5.41, 5.74) is 1.09. The number of benzene rings is 1. The number of aromatic nitrogens is 1. The molecule has 4 heteroatoms. The Morgan fingerprint density at radius 1 is 1.39 bits per heavy atom. The molecule has 0 spiro atoms. The third-order valence-corrected chi connectivity index (χ3v) is 2.90. The van der Waals surface area contributed by atoms with Crippen molar-refractivity contribution < 1.29 is 9.53 Å². The lowest BCUT2D eigenvalue weighted by molar-refractivity contribution is 0.103. The van der Waals surface area contributed by atoms with Crippen molar-refractivity contribution >= 4 is 21.7 Å². The lowest BCUT2D eigenvalue weighted by atomic mass is 10.0. The van der Waals surface area contributed by atoms with Crippen LogP contribution in [0.1, 0.15) is 22.8 Å². The summed E-state index contributed by atoms with van der Waals surface area (Å²) in [6, 6.07) is 8.89. The molecule has 0 bridgehead atoms. The minimum atomic E-state index is -0.0900. The van der Waals surface area contributed by atoms with Crippen LogP contribution in [0.5, 0.6) is 5.75 Å². The summed E-state index contributed by atoms with van der Waals surface area (Å²) in [6.45, 7) is 2.41. The largest absolute Gasteiger partial charge is 0.493 e. The van der Waals surface area contributed by atoms with Crippen LogP contribution in [-0.4, -0.2) is 17.4 Å². The zero-order valence-corrected chi connectivity index (χ0v) is 11.5. The van der Waals surface area contributed by atoms with Crippen LogP contribution >= 0.6 is 15.9 Å². The molecule has 0 aliphatic heterocycles. The van der Waals surface area contributed by atoms with Crippen LogP contribution < -0.4 is 4.74 Å². The second-order valence-electron chi connectivity index (χ2n) is 3.64. The zero-order valence-electron chi connectivity index (χ0n) is 9.89. The number of carbonyl (C=O) groups is 1. The van der Waals surface area contributed by atoms with Gasteiger partial charge in [-0.15, -0.1) is 0 Å². The molecule has 1 aromatic heterocycles. The normalized spacial score (nSPS) is 10.1. The average molecular weight is 306 g/mol. The number of hydrogen-bond acceptors (Lipinski definition) is 3. The third kappa shape index (κ3) is 2.76. The molecule has 0 saturated heterocycles. The molecule has 1 aromatic carbocycles. The van der Waals surface area contributed by atoms with Crippen LogP contribution in [0.15, 0.2) is 47.2 Å². The topological polar surface area (TPSA) is 39.2 Å². The Balaban J connectivity index is 2.43. The quantitative estimate of drug-likeness (QED) is 0.812. The molecule has 0 radical (unpaired) electrons. The molecule has 0 fully saturated rings. The fourth-order valence-electron chi connectivity index (χ4n) is 1.61. The smallest absolute Gasteiger partial charge is 0.198 e. The van der Waals surface area contributed by atoms with Gasteiger partial charge in [-0.3, -0.25) is 9.78 Å². The van der Waals surface area contributed by atoms with Gasteiger partial charge in [0.2, 0.25) is 0 Å². The van der Waals surface area contributed by atoms with Gasteiger partial charge in [0.05, 0.1) is 12.2 Å². The standard InChI is InChI=1S/C14H12BrNO2/c1-2-18-13-6-5-11(15)8-12(13)14(17)10-4-3-7-16-9-10/h3-9H,2H2,1H3. The Hall–Kier alpha value is -1.68. The van der Waals surface area contributed by atoms with Crippen LogP contribution in [0.4, 0.5) is 0 Å². The Morgan fingerprint density at radius 2 is 2.22 bits per heavy atom. The van der Waals surface area contributed by atoms with E-state index in [1.807, 2.05) is 13.0 Å². The fourth-order valence-corrected chi connectivity index (χ4v) is 1.97. The van der Waals surface area contributed by atoms with Gasteiger partial charge in [0, 0.05) is 22.4 Å². The number of carbonyl (C=O) groups excluding carboxylic acids is 1. The van der Waals surface area contributed by atoms with E-state index in [1.54, 1.807) is 36.7 Å². The number of rotatable bonds is 4. The van der Waals surface area contributed by atoms with E-state index in [-0.39, 0.29) is 5.78 Å². The highest BCUT2D eigenvalue weighted by Gasteiger charge is 2.15. The molecule has 0 aliphatic rings. The molecule has 18 heavy (non-hydrogen) atoms. The van der Waals surface area contributed by atoms with Crippen LogP contribution in [0, 0.1) is 0 Å². The molecular formula is C14H12BrNO2. The van der Waals surface area contributed by atoms with E-state index in [2.05, 4.69) is 20.9 Å². The van der Waals surface area contributed by atoms with E-state index < -0.39 is 0 Å². The molecule has 0 atom stereocenters. The molecule has 2 aromatic rings. The van der Waals surface area contributed by atoms with E-state index in [0.717, 1.165) is 4.47 Å². The molecule has 0 aliphatic carbocycles. The molecule has 0 unspecified atom stereocenters. The first-order valence-corrected chi connectivity index (χ1v) is 6.38. The highest BCUT2D eigenvalue weighted by Crippen LogP contribution is 2.25. The highest BCUT2D eigenvalue weighted by atomic mass is 79.9. The monoisotopic (exact) mass is 305 g/mol. The van der Waals surface area contributed by atoms with Crippen LogP contribution in [-0.2, 0) is 0 Å². The summed E-state index contributed by atoms with van der Waals surface area (Å²) in [6.07, 6.45) is 3.19. The summed E-state index contributed by atoms with van der Waals surface area (Å²) < 4.78 is 6.32. The van der Waals surface area contributed by atoms with Crippen molar-refractivity contribution in [2.24, 2.45) is 0 Å². The maximum Gasteiger partial charge on any atom is 0.198 e. The number of hydrogen-bond donors (Lipinski definition) is 0. The predicted molar refractivity (Wildman–Crippen MR) is 73.0 cm³/mol. The van der Waals surface area contributed by atoms with Crippen molar-refractivity contribution in [2.75, 3.05) is 6.61 Å². The van der Waals surface area contributed by atoms with E-state index in [0.29, 0.717) is 23.5 Å². The molecule has 92 valence electrons. The van der Waals surface area contributed by atoms with Gasteiger partial charge in [0.1, 0.15) is 5.75 Å². The average Bonchev–Trinajstić information content (AvgIpc) is 2.41. The Morgan fingerprint density at radius 3 is 2.89 bits per heavy atom. The van der Waals surface area contributed by atoms with E-state index >= 15 is 0 Å². The van der Waals surface area contributed by atoms with Gasteiger partial charge in [-0.05, 0) is 37.3 Å². The Kier molecular flexibility index (Phi) is 4.10. The summed E-state index contributed by atoms with van der Waals surface area (Å²) in [7, 11) is 0. The lowest BCUT2D eigenvalue weighted by Crippen LogP contribution is -2.05. The van der Waals surface area contributed by atoms with Crippen LogP contribution in [0.25, 0.3) is 0 Å². The lowest BCUT2D eigenvalue weighted by Gasteiger charge is -2.09. The summed E-state index contributed by atoms with van der Waals surface area (Å²) in [5.74, 6) is 0.502. The predicted octanol–water partition coefficient (Wildman–Crippen LogP) is 3.47. The molecule has 2 rings (SSSR count). The van der Waals surface area contributed by atoms with Crippen molar-refractivity contribution in [3.63, 3.8) is 0 Å². The minimum absolute atomic E-state index is 0.0900. The summed E-state index contributed by atoms with van der Waals surface area (Å²) in [4.78, 5) is 16.3. The molecular weight excluding hydrogens is 294 g/mol. The number of nitrogens with zero attached hydrogens (tertiary/aromatic N) is 1. The van der Waals surface area contributed by atoms with Gasteiger partial charge in [0.25, 0.3) is 0 Å². The number of ketones is 1. The maximum absolute atomic E-state index is 12.4. The van der Waals surface area contributed by atoms with Crippen molar-refractivity contribution in [3.05, 3.63) is 58.3 Å². The minimum Gasteiger partial charge on any atom is -0.493 e. The van der Waals surface area contributed by atoms with Gasteiger partial charge in [-0.1, -0.05) is 15.9 Å². The molecule has 0 N–H and O–H groups in total. The van der Waals surface area contributed by atoms with Crippen molar-refractivity contribution in [3.8, 4) is 5.75 Å². The van der Waals surface area contributed by atoms with Crippen LogP contribution in [0.2, 0.25) is 0 Å². The van der Waals surface area contributed by atoms with E-state index in [4.69, 9.17) is 4.74 Å². The number of pyridine rings is 1. The van der Waals surface area contributed by atoms with Gasteiger partial charge in [0.15, 0.2) is 5.78 Å². The van der Waals surface area contributed by atoms with Crippen molar-refractivity contribution in [1.82, 2.24) is 4.98 Å². The Bertz CT molecular complexity index is 555. The second kappa shape index (κ2) is 5.78. The van der Waals surface area contributed by atoms with Gasteiger partial charge in [-0.25, -0.2) is 0 Å². The second-order valence-corrected chi connectivity index (χ2v) is 4.56. The van der Waals surface area contributed by atoms with Gasteiger partial charge < -0.3 is 4.74 Å². The highest BCUT2D eigenvalue weighted by molar-refractivity contribution is 9.10. The summed E-state index contributed by atoms with van der Waals surface area (Å²) >= 11 is 3.36. The number of halogens is 1.